The number of amides is 1. The molecular formula is C10H14N2O3S2. The van der Waals surface area contributed by atoms with Gasteiger partial charge >= 0.3 is 0 Å². The van der Waals surface area contributed by atoms with Crippen LogP contribution in [0.3, 0.4) is 0 Å². The lowest BCUT2D eigenvalue weighted by Gasteiger charge is -2.11. The van der Waals surface area contributed by atoms with E-state index in [2.05, 4.69) is 4.72 Å². The second-order valence-corrected chi connectivity index (χ2v) is 7.39. The molecule has 2 heterocycles. The van der Waals surface area contributed by atoms with Gasteiger partial charge in [0, 0.05) is 30.9 Å². The molecule has 1 aliphatic rings. The van der Waals surface area contributed by atoms with Crippen LogP contribution in [0.5, 0.6) is 0 Å². The first-order chi connectivity index (χ1) is 7.88. The van der Waals surface area contributed by atoms with Gasteiger partial charge in [-0.25, -0.2) is 13.1 Å². The Hall–Kier alpha value is -0.920. The lowest BCUT2D eigenvalue weighted by atomic mass is 10.3. The summed E-state index contributed by atoms with van der Waals surface area (Å²) in [6.45, 7) is 2.29. The predicted molar refractivity (Wildman–Crippen MR) is 65.4 cm³/mol. The largest absolute Gasteiger partial charge is 0.344 e. The molecule has 0 spiro atoms. The topological polar surface area (TPSA) is 66.5 Å². The summed E-state index contributed by atoms with van der Waals surface area (Å²) in [5.74, 6) is -0.0277. The Labute approximate surface area is 104 Å². The summed E-state index contributed by atoms with van der Waals surface area (Å²) in [5, 5.41) is 0. The molecule has 1 unspecified atom stereocenters. The van der Waals surface area contributed by atoms with Crippen LogP contribution in [0.15, 0.2) is 16.3 Å². The molecule has 1 fully saturated rings. The van der Waals surface area contributed by atoms with E-state index in [-0.39, 0.29) is 18.4 Å². The maximum atomic E-state index is 12.0. The van der Waals surface area contributed by atoms with Crippen LogP contribution in [-0.2, 0) is 14.8 Å². The molecular weight excluding hydrogens is 260 g/mol. The van der Waals surface area contributed by atoms with Crippen molar-refractivity contribution in [1.29, 1.82) is 0 Å². The van der Waals surface area contributed by atoms with Crippen LogP contribution < -0.4 is 4.72 Å². The van der Waals surface area contributed by atoms with Gasteiger partial charge in [0.15, 0.2) is 0 Å². The van der Waals surface area contributed by atoms with E-state index < -0.39 is 10.0 Å². The third-order valence-electron chi connectivity index (χ3n) is 2.64. The molecule has 0 aromatic carbocycles. The summed E-state index contributed by atoms with van der Waals surface area (Å²) in [4.78, 5) is 13.8. The second-order valence-electron chi connectivity index (χ2n) is 4.16. The first kappa shape index (κ1) is 12.5. The SMILES string of the molecule is Cc1ccc(S(=O)(=O)NC2CC(=O)N(C)C2)s1. The maximum absolute atomic E-state index is 12.0. The number of thiophene rings is 1. The molecule has 0 radical (unpaired) electrons. The number of hydrogen-bond donors (Lipinski definition) is 1. The Kier molecular flexibility index (Phi) is 3.24. The molecule has 1 aromatic rings. The van der Waals surface area contributed by atoms with Crippen molar-refractivity contribution in [3.8, 4) is 0 Å². The Morgan fingerprint density at radius 1 is 1.47 bits per heavy atom. The normalized spacial score (nSPS) is 21.2. The smallest absolute Gasteiger partial charge is 0.250 e. The number of carbonyl (C=O) groups excluding carboxylic acids is 1. The third kappa shape index (κ3) is 2.67. The van der Waals surface area contributed by atoms with Crippen molar-refractivity contribution >= 4 is 27.3 Å². The standard InChI is InChI=1S/C10H14N2O3S2/c1-7-3-4-10(16-7)17(14,15)11-8-5-9(13)12(2)6-8/h3-4,8,11H,5-6H2,1-2H3. The molecule has 1 aromatic heterocycles. The number of sulfonamides is 1. The fourth-order valence-electron chi connectivity index (χ4n) is 1.78. The van der Waals surface area contributed by atoms with Gasteiger partial charge < -0.3 is 4.90 Å². The van der Waals surface area contributed by atoms with Crippen molar-refractivity contribution in [3.05, 3.63) is 17.0 Å². The van der Waals surface area contributed by atoms with E-state index in [1.807, 2.05) is 6.92 Å². The van der Waals surface area contributed by atoms with E-state index in [1.165, 1.54) is 16.2 Å². The van der Waals surface area contributed by atoms with Crippen LogP contribution in [0.25, 0.3) is 0 Å². The van der Waals surface area contributed by atoms with Gasteiger partial charge in [0.05, 0.1) is 0 Å². The van der Waals surface area contributed by atoms with Crippen LogP contribution in [0.1, 0.15) is 11.3 Å². The molecule has 1 saturated heterocycles. The van der Waals surface area contributed by atoms with Gasteiger partial charge in [0.25, 0.3) is 0 Å². The summed E-state index contributed by atoms with van der Waals surface area (Å²) < 4.78 is 26.8. The number of nitrogens with zero attached hydrogens (tertiary/aromatic N) is 1. The minimum Gasteiger partial charge on any atom is -0.344 e. The first-order valence-electron chi connectivity index (χ1n) is 5.21. The fraction of sp³-hybridized carbons (Fsp3) is 0.500. The van der Waals surface area contributed by atoms with Gasteiger partial charge in [0.2, 0.25) is 15.9 Å². The maximum Gasteiger partial charge on any atom is 0.250 e. The van der Waals surface area contributed by atoms with Crippen molar-refractivity contribution in [1.82, 2.24) is 9.62 Å². The number of likely N-dealkylation sites (tertiary alicyclic amines) is 1. The Balaban J connectivity index is 2.11. The predicted octanol–water partition coefficient (Wildman–Crippen LogP) is 0.566. The lowest BCUT2D eigenvalue weighted by molar-refractivity contribution is -0.126. The number of likely N-dealkylation sites (N-methyl/N-ethyl adjacent to an activating group) is 1. The van der Waals surface area contributed by atoms with Crippen LogP contribution in [0, 0.1) is 6.92 Å². The van der Waals surface area contributed by atoms with Gasteiger partial charge in [0.1, 0.15) is 4.21 Å². The third-order valence-corrected chi connectivity index (χ3v) is 5.66. The highest BCUT2D eigenvalue weighted by molar-refractivity contribution is 7.91. The van der Waals surface area contributed by atoms with E-state index >= 15 is 0 Å². The Bertz CT molecular complexity index is 536. The van der Waals surface area contributed by atoms with E-state index in [1.54, 1.807) is 19.2 Å². The summed E-state index contributed by atoms with van der Waals surface area (Å²) in [5.41, 5.74) is 0. The van der Waals surface area contributed by atoms with Gasteiger partial charge in [-0.2, -0.15) is 0 Å². The van der Waals surface area contributed by atoms with Crippen molar-refractivity contribution in [2.45, 2.75) is 23.6 Å². The number of nitrogens with one attached hydrogen (secondary N) is 1. The monoisotopic (exact) mass is 274 g/mol. The molecule has 0 saturated carbocycles. The summed E-state index contributed by atoms with van der Waals surface area (Å²) in [7, 11) is -1.81. The molecule has 5 nitrogen and oxygen atoms in total. The number of aryl methyl sites for hydroxylation is 1. The van der Waals surface area contributed by atoms with Crippen molar-refractivity contribution in [3.63, 3.8) is 0 Å². The van der Waals surface area contributed by atoms with E-state index in [9.17, 15) is 13.2 Å². The van der Waals surface area contributed by atoms with Gasteiger partial charge in [-0.3, -0.25) is 4.79 Å². The van der Waals surface area contributed by atoms with Crippen molar-refractivity contribution in [2.75, 3.05) is 13.6 Å². The molecule has 1 atom stereocenters. The minimum atomic E-state index is -3.48. The number of hydrogen-bond acceptors (Lipinski definition) is 4. The zero-order valence-corrected chi connectivity index (χ0v) is 11.3. The number of carbonyl (C=O) groups is 1. The quantitative estimate of drug-likeness (QED) is 0.876. The summed E-state index contributed by atoms with van der Waals surface area (Å²) in [6.07, 6.45) is 0.236. The van der Waals surface area contributed by atoms with Crippen LogP contribution >= 0.6 is 11.3 Å². The Morgan fingerprint density at radius 2 is 2.18 bits per heavy atom. The van der Waals surface area contributed by atoms with Crippen LogP contribution in [0.2, 0.25) is 0 Å². The molecule has 94 valence electrons. The number of rotatable bonds is 3. The first-order valence-corrected chi connectivity index (χ1v) is 7.51. The molecule has 1 aliphatic heterocycles. The average molecular weight is 274 g/mol. The summed E-state index contributed by atoms with van der Waals surface area (Å²) >= 11 is 1.23. The lowest BCUT2D eigenvalue weighted by Crippen LogP contribution is -2.36. The Morgan fingerprint density at radius 3 is 2.65 bits per heavy atom. The van der Waals surface area contributed by atoms with Gasteiger partial charge in [-0.05, 0) is 19.1 Å². The van der Waals surface area contributed by atoms with Gasteiger partial charge in [-0.15, -0.1) is 11.3 Å². The second kappa shape index (κ2) is 4.40. The zero-order valence-electron chi connectivity index (χ0n) is 9.63. The molecule has 1 N–H and O–H groups in total. The average Bonchev–Trinajstić information content (AvgIpc) is 2.75. The van der Waals surface area contributed by atoms with Crippen molar-refractivity contribution < 1.29 is 13.2 Å². The van der Waals surface area contributed by atoms with Crippen LogP contribution in [-0.4, -0.2) is 38.9 Å². The fourth-order valence-corrected chi connectivity index (χ4v) is 4.30. The van der Waals surface area contributed by atoms with E-state index in [0.717, 1.165) is 4.88 Å². The molecule has 17 heavy (non-hydrogen) atoms. The van der Waals surface area contributed by atoms with E-state index in [4.69, 9.17) is 0 Å². The molecule has 0 bridgehead atoms. The van der Waals surface area contributed by atoms with Crippen molar-refractivity contribution in [2.24, 2.45) is 0 Å². The molecule has 7 heteroatoms. The molecule has 0 aliphatic carbocycles. The van der Waals surface area contributed by atoms with Gasteiger partial charge in [-0.1, -0.05) is 0 Å². The highest BCUT2D eigenvalue weighted by Gasteiger charge is 2.30. The molecule has 1 amide bonds. The summed E-state index contributed by atoms with van der Waals surface area (Å²) in [6, 6.07) is 3.04. The highest BCUT2D eigenvalue weighted by atomic mass is 32.2. The van der Waals surface area contributed by atoms with Crippen LogP contribution in [0.4, 0.5) is 0 Å². The zero-order chi connectivity index (χ0) is 12.6. The molecule has 2 rings (SSSR count). The highest BCUT2D eigenvalue weighted by Crippen LogP contribution is 2.21. The minimum absolute atomic E-state index is 0.0277. The van der Waals surface area contributed by atoms with E-state index in [0.29, 0.717) is 10.8 Å².